The molecule has 7 atom stereocenters. The zero-order chi connectivity index (χ0) is 28.0. The van der Waals surface area contributed by atoms with Gasteiger partial charge in [-0.15, -0.1) is 0 Å². The van der Waals surface area contributed by atoms with Gasteiger partial charge in [-0.25, -0.2) is 9.59 Å². The van der Waals surface area contributed by atoms with Gasteiger partial charge in [-0.2, -0.15) is 17.2 Å². The van der Waals surface area contributed by atoms with Crippen molar-refractivity contribution in [1.82, 2.24) is 0 Å². The molecule has 4 aliphatic rings. The third-order valence-corrected chi connectivity index (χ3v) is 9.15. The van der Waals surface area contributed by atoms with Crippen LogP contribution in [0, 0.1) is 23.7 Å². The first-order valence-electron chi connectivity index (χ1n) is 12.5. The van der Waals surface area contributed by atoms with Crippen LogP contribution in [0.5, 0.6) is 0 Å². The van der Waals surface area contributed by atoms with Gasteiger partial charge in [0.1, 0.15) is 31.0 Å². The minimum Gasteiger partial charge on any atom is -0.459 e. The van der Waals surface area contributed by atoms with E-state index < -0.39 is 94.1 Å². The van der Waals surface area contributed by atoms with Crippen LogP contribution < -0.4 is 0 Å². The highest BCUT2D eigenvalue weighted by atomic mass is 32.2. The van der Waals surface area contributed by atoms with Crippen molar-refractivity contribution in [2.75, 3.05) is 13.2 Å². The number of ether oxygens (including phenoxy) is 5. The van der Waals surface area contributed by atoms with Crippen LogP contribution in [0.3, 0.4) is 0 Å². The zero-order valence-electron chi connectivity index (χ0n) is 20.8. The first-order chi connectivity index (χ1) is 17.7. The van der Waals surface area contributed by atoms with E-state index in [1.807, 2.05) is 6.92 Å². The Morgan fingerprint density at radius 2 is 1.79 bits per heavy atom. The normalized spacial score (nSPS) is 32.1. The van der Waals surface area contributed by atoms with E-state index in [1.165, 1.54) is 0 Å². The van der Waals surface area contributed by atoms with Crippen LogP contribution in [0.2, 0.25) is 0 Å². The largest absolute Gasteiger partial charge is 0.459 e. The van der Waals surface area contributed by atoms with Crippen molar-refractivity contribution < 1.29 is 64.6 Å². The molecule has 2 bridgehead atoms. The average Bonchev–Trinajstić information content (AvgIpc) is 3.56. The topological polar surface area (TPSA) is 169 Å². The number of alkyl halides is 2. The van der Waals surface area contributed by atoms with Gasteiger partial charge in [-0.05, 0) is 45.4 Å². The van der Waals surface area contributed by atoms with Gasteiger partial charge < -0.3 is 23.7 Å². The van der Waals surface area contributed by atoms with Crippen LogP contribution in [0.4, 0.5) is 8.78 Å². The van der Waals surface area contributed by atoms with Crippen LogP contribution in [-0.2, 0) is 53.0 Å². The summed E-state index contributed by atoms with van der Waals surface area (Å²) in [6.07, 6.45) is 0.321. The quantitative estimate of drug-likeness (QED) is 0.216. The minimum absolute atomic E-state index is 0.300. The molecule has 0 radical (unpaired) electrons. The van der Waals surface area contributed by atoms with Gasteiger partial charge in [0.2, 0.25) is 0 Å². The summed E-state index contributed by atoms with van der Waals surface area (Å²) in [5.41, 5.74) is -0.557. The Bertz CT molecular complexity index is 1090. The Kier molecular flexibility index (Phi) is 7.76. The molecule has 0 aromatic rings. The molecule has 3 saturated carbocycles. The highest BCUT2D eigenvalue weighted by molar-refractivity contribution is 7.86. The van der Waals surface area contributed by atoms with E-state index in [4.69, 9.17) is 23.5 Å². The van der Waals surface area contributed by atoms with E-state index in [2.05, 4.69) is 4.74 Å². The fraction of sp³-hybridized carbons (Fsp3) is 0.826. The fourth-order valence-corrected chi connectivity index (χ4v) is 6.68. The van der Waals surface area contributed by atoms with Crippen molar-refractivity contribution in [3.05, 3.63) is 0 Å². The zero-order valence-corrected chi connectivity index (χ0v) is 21.6. The number of carbonyl (C=O) groups excluding carboxylic acids is 4. The maximum atomic E-state index is 13.5. The van der Waals surface area contributed by atoms with Crippen molar-refractivity contribution in [2.45, 2.75) is 81.5 Å². The molecule has 0 aromatic carbocycles. The molecule has 1 aliphatic heterocycles. The molecule has 0 aromatic heterocycles. The van der Waals surface area contributed by atoms with E-state index in [-0.39, 0.29) is 5.92 Å². The standard InChI is InChI=1S/C23H30F2O12S/c1-3-22(6-4-5-7-22)37-21(29)17-13-8-12-16(17)20(28)36-19(12)18(13)35-15(27)10-33-9-14(26)34-11(2)23(24,25)38(30,31)32/h11-13,16-19H,3-10H2,1-2H3,(H,30,31,32). The van der Waals surface area contributed by atoms with Gasteiger partial charge >= 0.3 is 39.2 Å². The first kappa shape index (κ1) is 28.6. The van der Waals surface area contributed by atoms with Crippen molar-refractivity contribution in [3.63, 3.8) is 0 Å². The van der Waals surface area contributed by atoms with Crippen molar-refractivity contribution in [2.24, 2.45) is 23.7 Å². The summed E-state index contributed by atoms with van der Waals surface area (Å²) >= 11 is 0. The van der Waals surface area contributed by atoms with Gasteiger partial charge in [0.05, 0.1) is 11.8 Å². The molecular weight excluding hydrogens is 538 g/mol. The van der Waals surface area contributed by atoms with E-state index >= 15 is 0 Å². The second-order valence-corrected chi connectivity index (χ2v) is 11.8. The van der Waals surface area contributed by atoms with Crippen LogP contribution >= 0.6 is 0 Å². The number of esters is 4. The molecule has 214 valence electrons. The van der Waals surface area contributed by atoms with E-state index in [0.717, 1.165) is 25.7 Å². The number of fused-ring (bicyclic) bond motifs is 1. The Labute approximate surface area is 217 Å². The summed E-state index contributed by atoms with van der Waals surface area (Å²) in [6.45, 7) is 0.707. The van der Waals surface area contributed by atoms with E-state index in [1.54, 1.807) is 0 Å². The van der Waals surface area contributed by atoms with Crippen LogP contribution in [0.25, 0.3) is 0 Å². The van der Waals surface area contributed by atoms with Crippen LogP contribution in [0.15, 0.2) is 0 Å². The second kappa shape index (κ2) is 10.3. The maximum absolute atomic E-state index is 13.5. The molecule has 1 saturated heterocycles. The monoisotopic (exact) mass is 568 g/mol. The Hall–Kier alpha value is -2.39. The Balaban J connectivity index is 1.31. The highest BCUT2D eigenvalue weighted by Gasteiger charge is 2.70. The molecule has 1 heterocycles. The molecule has 4 fully saturated rings. The highest BCUT2D eigenvalue weighted by Crippen LogP contribution is 2.59. The van der Waals surface area contributed by atoms with Gasteiger partial charge in [-0.1, -0.05) is 6.92 Å². The number of rotatable bonds is 11. The molecule has 4 rings (SSSR count). The number of hydrogen-bond donors (Lipinski definition) is 1. The van der Waals surface area contributed by atoms with Crippen molar-refractivity contribution >= 4 is 34.0 Å². The van der Waals surface area contributed by atoms with Crippen molar-refractivity contribution in [1.29, 1.82) is 0 Å². The lowest BCUT2D eigenvalue weighted by atomic mass is 9.78. The number of hydrogen-bond acceptors (Lipinski definition) is 11. The predicted octanol–water partition coefficient (Wildman–Crippen LogP) is 1.40. The first-order valence-corrected chi connectivity index (χ1v) is 13.9. The van der Waals surface area contributed by atoms with Crippen LogP contribution in [0.1, 0.15) is 52.4 Å². The SMILES string of the molecule is CCC1(OC(=O)C2C3CC4C(OC(=O)C42)C3OC(=O)COCC(=O)OC(C)C(F)(F)S(=O)(=O)O)CCCC1. The summed E-state index contributed by atoms with van der Waals surface area (Å²) in [5.74, 6) is -5.67. The lowest BCUT2D eigenvalue weighted by molar-refractivity contribution is -0.178. The Morgan fingerprint density at radius 1 is 1.16 bits per heavy atom. The summed E-state index contributed by atoms with van der Waals surface area (Å²) in [7, 11) is -5.82. The molecule has 7 unspecified atom stereocenters. The summed E-state index contributed by atoms with van der Waals surface area (Å²) < 4.78 is 82.8. The third kappa shape index (κ3) is 5.11. The molecule has 15 heteroatoms. The summed E-state index contributed by atoms with van der Waals surface area (Å²) in [6, 6.07) is 0. The molecular formula is C23H30F2O12S. The smallest absolute Gasteiger partial charge is 0.405 e. The number of carbonyl (C=O) groups is 4. The molecule has 0 amide bonds. The average molecular weight is 569 g/mol. The third-order valence-electron chi connectivity index (χ3n) is 8.13. The van der Waals surface area contributed by atoms with Gasteiger partial charge in [0, 0.05) is 11.8 Å². The maximum Gasteiger partial charge on any atom is 0.405 e. The lowest BCUT2D eigenvalue weighted by Gasteiger charge is -2.34. The molecule has 38 heavy (non-hydrogen) atoms. The predicted molar refractivity (Wildman–Crippen MR) is 119 cm³/mol. The molecule has 3 aliphatic carbocycles. The van der Waals surface area contributed by atoms with Gasteiger partial charge in [0.25, 0.3) is 0 Å². The van der Waals surface area contributed by atoms with E-state index in [9.17, 15) is 36.4 Å². The van der Waals surface area contributed by atoms with E-state index in [0.29, 0.717) is 19.8 Å². The summed E-state index contributed by atoms with van der Waals surface area (Å²) in [5, 5.41) is -4.74. The van der Waals surface area contributed by atoms with Gasteiger partial charge in [0.15, 0.2) is 6.10 Å². The second-order valence-electron chi connectivity index (χ2n) is 10.3. The van der Waals surface area contributed by atoms with Crippen LogP contribution in [-0.4, -0.2) is 79.2 Å². The minimum atomic E-state index is -5.82. The summed E-state index contributed by atoms with van der Waals surface area (Å²) in [4.78, 5) is 49.9. The van der Waals surface area contributed by atoms with Crippen molar-refractivity contribution in [3.8, 4) is 0 Å². The fourth-order valence-electron chi connectivity index (χ4n) is 6.21. The van der Waals surface area contributed by atoms with Gasteiger partial charge in [-0.3, -0.25) is 14.1 Å². The molecule has 12 nitrogen and oxygen atoms in total. The molecule has 0 spiro atoms. The lowest BCUT2D eigenvalue weighted by Crippen LogP contribution is -2.46. The number of halogens is 2. The molecule has 1 N–H and O–H groups in total. The Morgan fingerprint density at radius 3 is 2.39 bits per heavy atom.